The molecule has 1 aliphatic carbocycles. The fourth-order valence-electron chi connectivity index (χ4n) is 3.20. The maximum absolute atomic E-state index is 14.2. The van der Waals surface area contributed by atoms with Crippen LogP contribution in [0.5, 0.6) is 0 Å². The second-order valence-corrected chi connectivity index (χ2v) is 6.64. The van der Waals surface area contributed by atoms with Gasteiger partial charge >= 0.3 is 0 Å². The number of nitrogens with two attached hydrogens (primary N) is 1. The lowest BCUT2D eigenvalue weighted by molar-refractivity contribution is 0.158. The molecule has 2 N–H and O–H groups in total. The molecule has 2 rings (SSSR count). The second-order valence-electron chi connectivity index (χ2n) is 5.73. The van der Waals surface area contributed by atoms with E-state index in [4.69, 9.17) is 5.73 Å². The molecule has 0 amide bonds. The summed E-state index contributed by atoms with van der Waals surface area (Å²) in [5.41, 5.74) is 6.65. The van der Waals surface area contributed by atoms with Gasteiger partial charge in [-0.2, -0.15) is 0 Å². The Kier molecular flexibility index (Phi) is 6.00. The van der Waals surface area contributed by atoms with Gasteiger partial charge in [-0.15, -0.1) is 0 Å². The molecule has 1 saturated carbocycles. The highest BCUT2D eigenvalue weighted by Crippen LogP contribution is 2.30. The molecule has 20 heavy (non-hydrogen) atoms. The van der Waals surface area contributed by atoms with Gasteiger partial charge in [0.1, 0.15) is 5.82 Å². The molecule has 0 radical (unpaired) electrons. The molecule has 0 heterocycles. The van der Waals surface area contributed by atoms with E-state index >= 15 is 0 Å². The first-order chi connectivity index (χ1) is 9.63. The van der Waals surface area contributed by atoms with Gasteiger partial charge in [-0.1, -0.05) is 47.7 Å². The Hall–Kier alpha value is -0.450. The minimum absolute atomic E-state index is 0.0359. The summed E-state index contributed by atoms with van der Waals surface area (Å²) in [7, 11) is 2.09. The van der Waals surface area contributed by atoms with Crippen LogP contribution in [0.25, 0.3) is 0 Å². The van der Waals surface area contributed by atoms with E-state index in [1.807, 2.05) is 12.1 Å². The third-order valence-electron chi connectivity index (χ3n) is 4.44. The van der Waals surface area contributed by atoms with E-state index < -0.39 is 0 Å². The summed E-state index contributed by atoms with van der Waals surface area (Å²) in [6.45, 7) is 0.450. The fourth-order valence-corrected chi connectivity index (χ4v) is 3.54. The van der Waals surface area contributed by atoms with Crippen LogP contribution in [0.15, 0.2) is 22.7 Å². The molecule has 2 nitrogen and oxygen atoms in total. The normalized spacial score (nSPS) is 19.1. The van der Waals surface area contributed by atoms with Crippen LogP contribution in [0.2, 0.25) is 0 Å². The largest absolute Gasteiger partial charge is 0.329 e. The number of benzene rings is 1. The van der Waals surface area contributed by atoms with Crippen LogP contribution in [0.4, 0.5) is 4.39 Å². The summed E-state index contributed by atoms with van der Waals surface area (Å²) in [6, 6.07) is 5.76. The van der Waals surface area contributed by atoms with Crippen molar-refractivity contribution in [3.63, 3.8) is 0 Å². The number of hydrogen-bond donors (Lipinski definition) is 1. The highest BCUT2D eigenvalue weighted by molar-refractivity contribution is 9.10. The van der Waals surface area contributed by atoms with Crippen molar-refractivity contribution in [2.75, 3.05) is 13.6 Å². The Bertz CT molecular complexity index is 430. The van der Waals surface area contributed by atoms with Gasteiger partial charge in [-0.25, -0.2) is 4.39 Å². The minimum atomic E-state index is -0.171. The van der Waals surface area contributed by atoms with Crippen LogP contribution in [-0.2, 0) is 0 Å². The number of rotatable bonds is 4. The lowest BCUT2D eigenvalue weighted by Crippen LogP contribution is -2.38. The van der Waals surface area contributed by atoms with Crippen LogP contribution >= 0.6 is 15.9 Å². The highest BCUT2D eigenvalue weighted by Gasteiger charge is 2.25. The standard InChI is InChI=1S/C16H24BrFN2/c1-20(13-6-4-2-3-5-7-13)16(11-19)14-9-8-12(17)10-15(14)18/h8-10,13,16H,2-7,11,19H2,1H3. The quantitative estimate of drug-likeness (QED) is 0.829. The molecule has 1 fully saturated rings. The van der Waals surface area contributed by atoms with Crippen molar-refractivity contribution in [1.29, 1.82) is 0 Å². The predicted octanol–water partition coefficient (Wildman–Crippen LogP) is 4.24. The summed E-state index contributed by atoms with van der Waals surface area (Å²) >= 11 is 3.31. The summed E-state index contributed by atoms with van der Waals surface area (Å²) in [6.07, 6.45) is 7.59. The van der Waals surface area contributed by atoms with E-state index in [-0.39, 0.29) is 11.9 Å². The summed E-state index contributed by atoms with van der Waals surface area (Å²) in [5, 5.41) is 0. The highest BCUT2D eigenvalue weighted by atomic mass is 79.9. The van der Waals surface area contributed by atoms with Crippen LogP contribution in [0.1, 0.15) is 50.1 Å². The molecule has 1 aromatic rings. The molecular weight excluding hydrogens is 319 g/mol. The topological polar surface area (TPSA) is 29.3 Å². The van der Waals surface area contributed by atoms with Crippen LogP contribution in [0.3, 0.4) is 0 Å². The first kappa shape index (κ1) is 15.9. The first-order valence-electron chi connectivity index (χ1n) is 7.50. The number of hydrogen-bond acceptors (Lipinski definition) is 2. The Balaban J connectivity index is 2.17. The van der Waals surface area contributed by atoms with Crippen molar-refractivity contribution in [2.24, 2.45) is 5.73 Å². The smallest absolute Gasteiger partial charge is 0.129 e. The van der Waals surface area contributed by atoms with Gasteiger partial charge in [0.2, 0.25) is 0 Å². The molecule has 0 saturated heterocycles. The van der Waals surface area contributed by atoms with E-state index in [0.29, 0.717) is 18.2 Å². The van der Waals surface area contributed by atoms with E-state index in [1.54, 1.807) is 0 Å². The van der Waals surface area contributed by atoms with Gasteiger partial charge in [0, 0.05) is 28.7 Å². The molecule has 0 spiro atoms. The zero-order valence-corrected chi connectivity index (χ0v) is 13.7. The predicted molar refractivity (Wildman–Crippen MR) is 85.1 cm³/mol. The van der Waals surface area contributed by atoms with E-state index in [0.717, 1.165) is 4.47 Å². The van der Waals surface area contributed by atoms with Crippen LogP contribution < -0.4 is 5.73 Å². The third kappa shape index (κ3) is 3.80. The Labute approximate surface area is 129 Å². The summed E-state index contributed by atoms with van der Waals surface area (Å²) in [5.74, 6) is -0.171. The second kappa shape index (κ2) is 7.53. The lowest BCUT2D eigenvalue weighted by Gasteiger charge is -2.34. The van der Waals surface area contributed by atoms with Gasteiger partial charge < -0.3 is 5.73 Å². The molecule has 0 aliphatic heterocycles. The summed E-state index contributed by atoms with van der Waals surface area (Å²) in [4.78, 5) is 2.29. The average molecular weight is 343 g/mol. The van der Waals surface area contributed by atoms with Crippen LogP contribution in [-0.4, -0.2) is 24.5 Å². The van der Waals surface area contributed by atoms with E-state index in [1.165, 1.54) is 44.6 Å². The van der Waals surface area contributed by atoms with Gasteiger partial charge in [-0.05, 0) is 32.0 Å². The molecule has 0 aromatic heterocycles. The lowest BCUT2D eigenvalue weighted by atomic mass is 10.00. The minimum Gasteiger partial charge on any atom is -0.329 e. The number of halogens is 2. The number of likely N-dealkylation sites (N-methyl/N-ethyl adjacent to an activating group) is 1. The van der Waals surface area contributed by atoms with Gasteiger partial charge in [0.05, 0.1) is 0 Å². The third-order valence-corrected chi connectivity index (χ3v) is 4.93. The zero-order valence-electron chi connectivity index (χ0n) is 12.1. The maximum Gasteiger partial charge on any atom is 0.129 e. The zero-order chi connectivity index (χ0) is 14.5. The van der Waals surface area contributed by atoms with E-state index in [9.17, 15) is 4.39 Å². The Morgan fingerprint density at radius 2 is 1.95 bits per heavy atom. The number of nitrogens with zero attached hydrogens (tertiary/aromatic N) is 1. The fraction of sp³-hybridized carbons (Fsp3) is 0.625. The molecule has 1 aliphatic rings. The SMILES string of the molecule is CN(C1CCCCCC1)C(CN)c1ccc(Br)cc1F. The van der Waals surface area contributed by atoms with Crippen molar-refractivity contribution in [3.05, 3.63) is 34.1 Å². The van der Waals surface area contributed by atoms with Crippen molar-refractivity contribution in [2.45, 2.75) is 50.6 Å². The average Bonchev–Trinajstić information content (AvgIpc) is 2.70. The van der Waals surface area contributed by atoms with E-state index in [2.05, 4.69) is 27.9 Å². The van der Waals surface area contributed by atoms with Gasteiger partial charge in [-0.3, -0.25) is 4.90 Å². The maximum atomic E-state index is 14.2. The Morgan fingerprint density at radius 1 is 1.30 bits per heavy atom. The van der Waals surface area contributed by atoms with Gasteiger partial charge in [0.25, 0.3) is 0 Å². The molecule has 0 bridgehead atoms. The summed E-state index contributed by atoms with van der Waals surface area (Å²) < 4.78 is 15.0. The molecule has 1 aromatic carbocycles. The van der Waals surface area contributed by atoms with Crippen molar-refractivity contribution < 1.29 is 4.39 Å². The molecule has 1 atom stereocenters. The Morgan fingerprint density at radius 3 is 2.50 bits per heavy atom. The van der Waals surface area contributed by atoms with Crippen molar-refractivity contribution in [1.82, 2.24) is 4.90 Å². The molecule has 112 valence electrons. The molecular formula is C16H24BrFN2. The van der Waals surface area contributed by atoms with Crippen molar-refractivity contribution in [3.8, 4) is 0 Å². The monoisotopic (exact) mass is 342 g/mol. The first-order valence-corrected chi connectivity index (χ1v) is 8.29. The van der Waals surface area contributed by atoms with Gasteiger partial charge in [0.15, 0.2) is 0 Å². The van der Waals surface area contributed by atoms with Crippen LogP contribution in [0, 0.1) is 5.82 Å². The molecule has 4 heteroatoms. The molecule has 1 unspecified atom stereocenters. The van der Waals surface area contributed by atoms with Crippen molar-refractivity contribution >= 4 is 15.9 Å².